The number of benzene rings is 1. The van der Waals surface area contributed by atoms with Crippen LogP contribution in [0, 0.1) is 0 Å². The molecule has 24 heavy (non-hydrogen) atoms. The Morgan fingerprint density at radius 3 is 2.79 bits per heavy atom. The fraction of sp³-hybridized carbons (Fsp3) is 0.0556. The third-order valence-electron chi connectivity index (χ3n) is 3.79. The number of nitrogens with zero attached hydrogens (tertiary/aromatic N) is 4. The van der Waals surface area contributed by atoms with E-state index in [1.165, 1.54) is 0 Å². The predicted octanol–water partition coefficient (Wildman–Crippen LogP) is 2.86. The van der Waals surface area contributed by atoms with Gasteiger partial charge < -0.3 is 9.88 Å². The number of fused-ring (bicyclic) bond motifs is 1. The Bertz CT molecular complexity index is 970. The molecule has 0 radical (unpaired) electrons. The lowest BCUT2D eigenvalue weighted by Crippen LogP contribution is -2.18. The van der Waals surface area contributed by atoms with Crippen molar-refractivity contribution < 1.29 is 4.79 Å². The molecule has 3 heterocycles. The predicted molar refractivity (Wildman–Crippen MR) is 91.9 cm³/mol. The second-order valence-corrected chi connectivity index (χ2v) is 5.43. The molecule has 118 valence electrons. The Kier molecular flexibility index (Phi) is 3.55. The Labute approximate surface area is 138 Å². The van der Waals surface area contributed by atoms with Gasteiger partial charge in [-0.2, -0.15) is 0 Å². The van der Waals surface area contributed by atoms with Crippen LogP contribution in [0.2, 0.25) is 0 Å². The van der Waals surface area contributed by atoms with Crippen molar-refractivity contribution >= 4 is 22.5 Å². The molecule has 0 bridgehead atoms. The molecular formula is C18H15N5O. The molecule has 6 heteroatoms. The number of imidazole rings is 1. The quantitative estimate of drug-likeness (QED) is 0.629. The molecule has 0 saturated heterocycles. The molecule has 0 aliphatic rings. The second-order valence-electron chi connectivity index (χ2n) is 5.43. The number of amides is 1. The largest absolute Gasteiger partial charge is 0.338 e. The van der Waals surface area contributed by atoms with Gasteiger partial charge in [0, 0.05) is 24.1 Å². The van der Waals surface area contributed by atoms with Crippen LogP contribution in [0.5, 0.6) is 0 Å². The average molecular weight is 317 g/mol. The summed E-state index contributed by atoms with van der Waals surface area (Å²) in [5.41, 5.74) is 1.71. The number of hydrogen-bond donors (Lipinski definition) is 1. The van der Waals surface area contributed by atoms with E-state index in [0.29, 0.717) is 5.69 Å². The number of nitrogens with one attached hydrogen (secondary N) is 1. The smallest absolute Gasteiger partial charge is 0.244 e. The van der Waals surface area contributed by atoms with Crippen molar-refractivity contribution in [2.24, 2.45) is 0 Å². The molecule has 0 spiro atoms. The summed E-state index contributed by atoms with van der Waals surface area (Å²) in [4.78, 5) is 20.6. The van der Waals surface area contributed by atoms with E-state index in [1.54, 1.807) is 23.3 Å². The lowest BCUT2D eigenvalue weighted by atomic mass is 10.2. The Morgan fingerprint density at radius 2 is 2.00 bits per heavy atom. The van der Waals surface area contributed by atoms with Gasteiger partial charge in [0.2, 0.25) is 5.91 Å². The fourth-order valence-corrected chi connectivity index (χ4v) is 2.64. The van der Waals surface area contributed by atoms with Gasteiger partial charge in [0.15, 0.2) is 0 Å². The maximum Gasteiger partial charge on any atom is 0.244 e. The summed E-state index contributed by atoms with van der Waals surface area (Å²) in [6.45, 7) is 0.261. The Balaban J connectivity index is 1.46. The molecule has 0 atom stereocenters. The molecule has 6 nitrogen and oxygen atoms in total. The van der Waals surface area contributed by atoms with Crippen LogP contribution in [-0.2, 0) is 11.3 Å². The van der Waals surface area contributed by atoms with Gasteiger partial charge in [-0.15, -0.1) is 0 Å². The first-order valence-electron chi connectivity index (χ1n) is 7.58. The number of para-hydroxylation sites is 1. The molecule has 1 amide bonds. The summed E-state index contributed by atoms with van der Waals surface area (Å²) < 4.78 is 3.73. The first kappa shape index (κ1) is 14.2. The molecule has 1 aromatic carbocycles. The van der Waals surface area contributed by atoms with E-state index in [0.717, 1.165) is 16.7 Å². The lowest BCUT2D eigenvalue weighted by molar-refractivity contribution is -0.116. The van der Waals surface area contributed by atoms with Crippen molar-refractivity contribution in [1.29, 1.82) is 0 Å². The first-order chi connectivity index (χ1) is 11.8. The van der Waals surface area contributed by atoms with Crippen molar-refractivity contribution in [3.8, 4) is 5.82 Å². The van der Waals surface area contributed by atoms with Crippen LogP contribution in [-0.4, -0.2) is 25.0 Å². The molecule has 0 fully saturated rings. The van der Waals surface area contributed by atoms with Crippen molar-refractivity contribution in [2.75, 3.05) is 5.32 Å². The van der Waals surface area contributed by atoms with E-state index in [4.69, 9.17) is 0 Å². The second kappa shape index (κ2) is 6.00. The highest BCUT2D eigenvalue weighted by Crippen LogP contribution is 2.15. The van der Waals surface area contributed by atoms with Crippen molar-refractivity contribution in [2.45, 2.75) is 6.54 Å². The van der Waals surface area contributed by atoms with Gasteiger partial charge in [0.1, 0.15) is 18.7 Å². The minimum atomic E-state index is -0.0893. The summed E-state index contributed by atoms with van der Waals surface area (Å²) in [6, 6.07) is 13.7. The number of aromatic nitrogens is 4. The highest BCUT2D eigenvalue weighted by molar-refractivity contribution is 5.91. The normalized spacial score (nSPS) is 10.8. The van der Waals surface area contributed by atoms with Gasteiger partial charge in [-0.3, -0.25) is 9.36 Å². The number of anilines is 1. The topological polar surface area (TPSA) is 64.7 Å². The minimum absolute atomic E-state index is 0.0893. The van der Waals surface area contributed by atoms with Gasteiger partial charge in [0.25, 0.3) is 0 Å². The molecule has 0 unspecified atom stereocenters. The summed E-state index contributed by atoms with van der Waals surface area (Å²) in [5.74, 6) is 0.662. The average Bonchev–Trinajstić information content (AvgIpc) is 3.26. The maximum atomic E-state index is 12.3. The highest BCUT2D eigenvalue weighted by Gasteiger charge is 2.07. The fourth-order valence-electron chi connectivity index (χ4n) is 2.64. The van der Waals surface area contributed by atoms with Crippen LogP contribution >= 0.6 is 0 Å². The van der Waals surface area contributed by atoms with Gasteiger partial charge in [-0.25, -0.2) is 9.97 Å². The van der Waals surface area contributed by atoms with E-state index in [-0.39, 0.29) is 12.5 Å². The zero-order valence-corrected chi connectivity index (χ0v) is 12.8. The molecular weight excluding hydrogens is 302 g/mol. The number of hydrogen-bond acceptors (Lipinski definition) is 3. The zero-order valence-electron chi connectivity index (χ0n) is 12.8. The standard InChI is InChI=1S/C18H15N5O/c24-18(12-22-9-7-14-3-1-2-4-16(14)22)21-15-5-6-17(20-11-15)23-10-8-19-13-23/h1-11,13H,12H2,(H,21,24). The summed E-state index contributed by atoms with van der Waals surface area (Å²) >= 11 is 0. The number of carbonyl (C=O) groups excluding carboxylic acids is 1. The lowest BCUT2D eigenvalue weighted by Gasteiger charge is -2.08. The number of pyridine rings is 1. The van der Waals surface area contributed by atoms with E-state index in [1.807, 2.05) is 59.4 Å². The monoisotopic (exact) mass is 317 g/mol. The molecule has 4 rings (SSSR count). The molecule has 4 aromatic rings. The molecule has 3 aromatic heterocycles. The van der Waals surface area contributed by atoms with Crippen molar-refractivity contribution in [3.05, 3.63) is 73.6 Å². The third-order valence-corrected chi connectivity index (χ3v) is 3.79. The van der Waals surface area contributed by atoms with Crippen molar-refractivity contribution in [1.82, 2.24) is 19.1 Å². The maximum absolute atomic E-state index is 12.3. The third kappa shape index (κ3) is 2.77. The Morgan fingerprint density at radius 1 is 1.08 bits per heavy atom. The summed E-state index contributed by atoms with van der Waals surface area (Å²) in [7, 11) is 0. The van der Waals surface area contributed by atoms with Crippen LogP contribution in [0.25, 0.3) is 16.7 Å². The van der Waals surface area contributed by atoms with Crippen molar-refractivity contribution in [3.63, 3.8) is 0 Å². The van der Waals surface area contributed by atoms with Gasteiger partial charge in [-0.1, -0.05) is 18.2 Å². The van der Waals surface area contributed by atoms with Gasteiger partial charge in [-0.05, 0) is 29.7 Å². The Hall–Kier alpha value is -3.41. The molecule has 0 saturated carbocycles. The SMILES string of the molecule is O=C(Cn1ccc2ccccc21)Nc1ccc(-n2ccnc2)nc1. The summed E-state index contributed by atoms with van der Waals surface area (Å²) in [5, 5.41) is 3.99. The van der Waals surface area contributed by atoms with Gasteiger partial charge in [0.05, 0.1) is 11.9 Å². The number of rotatable bonds is 4. The number of carbonyl (C=O) groups is 1. The van der Waals surface area contributed by atoms with E-state index in [9.17, 15) is 4.79 Å². The molecule has 0 aliphatic heterocycles. The van der Waals surface area contributed by atoms with Crippen LogP contribution < -0.4 is 5.32 Å². The van der Waals surface area contributed by atoms with Gasteiger partial charge >= 0.3 is 0 Å². The first-order valence-corrected chi connectivity index (χ1v) is 7.58. The minimum Gasteiger partial charge on any atom is -0.338 e. The van der Waals surface area contributed by atoms with Crippen LogP contribution in [0.15, 0.2) is 73.6 Å². The van der Waals surface area contributed by atoms with E-state index >= 15 is 0 Å². The zero-order chi connectivity index (χ0) is 16.4. The molecule has 1 N–H and O–H groups in total. The van der Waals surface area contributed by atoms with Crippen LogP contribution in [0.1, 0.15) is 0 Å². The van der Waals surface area contributed by atoms with Crippen LogP contribution in [0.4, 0.5) is 5.69 Å². The van der Waals surface area contributed by atoms with E-state index < -0.39 is 0 Å². The van der Waals surface area contributed by atoms with Crippen LogP contribution in [0.3, 0.4) is 0 Å². The van der Waals surface area contributed by atoms with E-state index in [2.05, 4.69) is 15.3 Å². The summed E-state index contributed by atoms with van der Waals surface area (Å²) in [6.07, 6.45) is 8.75. The highest BCUT2D eigenvalue weighted by atomic mass is 16.1. The molecule has 0 aliphatic carbocycles.